The summed E-state index contributed by atoms with van der Waals surface area (Å²) >= 11 is 0. The number of carbonyl (C=O) groups is 7. The van der Waals surface area contributed by atoms with Gasteiger partial charge >= 0.3 is 206 Å². The topological polar surface area (TPSA) is 258 Å². The molecule has 21 heteroatoms. The Hall–Kier alpha value is -6.38. The third kappa shape index (κ3) is 6.17. The predicted octanol–water partition coefficient (Wildman–Crippen LogP) is -0.191. The molecule has 0 aliphatic heterocycles. The molecular weight excluding hydrogens is 1610 g/mol. The molecule has 0 heterocycles. The minimum atomic E-state index is -1.28. The van der Waals surface area contributed by atoms with E-state index in [9.17, 15) is 49.2 Å². The molecule has 2 atom stereocenters. The molecule has 0 fully saturated rings. The van der Waals surface area contributed by atoms with E-state index in [-0.39, 0.29) is 352 Å². The zero-order valence-corrected chi connectivity index (χ0v) is 77.7. The summed E-state index contributed by atoms with van der Waals surface area (Å²) < 4.78 is 0. The summed E-state index contributed by atoms with van der Waals surface area (Å²) in [4.78, 5) is 94.0. The summed E-state index contributed by atoms with van der Waals surface area (Å²) in [6, 6.07) is 16.4. The van der Waals surface area contributed by atoms with Gasteiger partial charge in [-0.25, -0.2) is 0 Å². The van der Waals surface area contributed by atoms with Gasteiger partial charge in [0.15, 0.2) is 0 Å². The molecule has 544 valence electrons. The molecule has 0 saturated carbocycles. The minimum Gasteiger partial charge on any atom is -0.550 e. The normalized spacial score (nSPS) is 18.8. The van der Waals surface area contributed by atoms with Gasteiger partial charge in [0.1, 0.15) is 0 Å². The van der Waals surface area contributed by atoms with Crippen molar-refractivity contribution < 1.29 is 260 Å². The Morgan fingerprint density at radius 2 is 0.450 bits per heavy atom. The molecule has 3 N–H and O–H groups in total. The van der Waals surface area contributed by atoms with Crippen molar-refractivity contribution in [3.63, 3.8) is 0 Å². The van der Waals surface area contributed by atoms with Crippen LogP contribution in [0.4, 0.5) is 0 Å². The average Bonchev–Trinajstić information content (AvgIpc) is 1.37. The Balaban J connectivity index is 0.00000176. The van der Waals surface area contributed by atoms with Crippen LogP contribution < -0.4 is 242 Å². The van der Waals surface area contributed by atoms with Crippen molar-refractivity contribution in [1.82, 2.24) is 30.7 Å². The van der Waals surface area contributed by atoms with E-state index in [1.54, 1.807) is 248 Å². The fraction of sp³-hybridized carbons (Fsp3) is 0.222. The van der Waals surface area contributed by atoms with Crippen LogP contribution in [0.15, 0.2) is 42.5 Å². The minimum absolute atomic E-state index is 0. The van der Waals surface area contributed by atoms with Crippen LogP contribution in [0.3, 0.4) is 0 Å². The monoisotopic (exact) mass is 1650 g/mol. The van der Waals surface area contributed by atoms with Crippen LogP contribution in [0.25, 0.3) is 291 Å². The standard InChI is InChI=1S/C99H52N6O11.4K/c106-31(100-13-22-104(18-9-33(108)109)19-10-34(110)111)7-16-103(17-8-32(107)101-14-23-105(20-11-35(112)113)21-12-36(114)115)24-15-102-97(116)26-5-6-29-30(25-26)92-28-4-2-1-3-27(28)91(29)98-93-83-75-65-55-47-39-37-38-41-45-43(39)51-59-53(45)63-57-49(41)50-42(38)46-44-40(37)48(47)56-62-52(44)60-54(46)64-58(50)68-67(57)77-71(63)81-73(59)79(69(75)61(51)55)87(93)89(81)95-85(77)86-78(68)72(64)82-74(60)80-70(62)76(66(56)65)84(83)94(98)88(80)90(82)96(86)99(92,95)98;;;;/h1-6,25,91-92H,7-24H2,(H,100,106)(H,101,107)(H,102,116)(H,108,109)(H,110,111)(H,112,113)(H,114,115);;;;/q;4*+1/p-4/t91-,92+,98?,99?;;;;/m1..../s1. The van der Waals surface area contributed by atoms with Crippen molar-refractivity contribution in [2.45, 2.75) is 61.2 Å². The summed E-state index contributed by atoms with van der Waals surface area (Å²) in [7, 11) is 0. The second-order valence-corrected chi connectivity index (χ2v) is 37.2. The van der Waals surface area contributed by atoms with Gasteiger partial charge in [0.25, 0.3) is 5.91 Å². The van der Waals surface area contributed by atoms with Gasteiger partial charge in [0.05, 0.1) is 0 Å². The molecule has 37 rings (SSSR count). The first-order chi connectivity index (χ1) is 56.8. The molecule has 7 aliphatic rings. The van der Waals surface area contributed by atoms with Gasteiger partial charge in [0, 0.05) is 143 Å². The van der Waals surface area contributed by atoms with Crippen LogP contribution >= 0.6 is 0 Å². The maximum absolute atomic E-state index is 15.8. The van der Waals surface area contributed by atoms with Gasteiger partial charge in [-0.1, -0.05) is 30.3 Å². The Bertz CT molecular complexity index is 9200. The molecule has 7 aliphatic carbocycles. The van der Waals surface area contributed by atoms with Crippen molar-refractivity contribution in [2.75, 3.05) is 78.5 Å². The summed E-state index contributed by atoms with van der Waals surface area (Å²) in [5, 5.41) is 138. The molecule has 120 heavy (non-hydrogen) atoms. The van der Waals surface area contributed by atoms with Crippen molar-refractivity contribution in [2.24, 2.45) is 0 Å². The molecule has 0 aromatic heterocycles. The van der Waals surface area contributed by atoms with Crippen LogP contribution in [-0.4, -0.2) is 135 Å². The third-order valence-electron chi connectivity index (χ3n) is 34.0. The maximum atomic E-state index is 15.8. The number of benzene rings is 20. The van der Waals surface area contributed by atoms with Crippen LogP contribution in [-0.2, 0) is 39.6 Å². The van der Waals surface area contributed by atoms with E-state index in [1.165, 1.54) is 97.7 Å². The van der Waals surface area contributed by atoms with Crippen molar-refractivity contribution in [3.8, 4) is 0 Å². The van der Waals surface area contributed by atoms with E-state index < -0.39 is 34.7 Å². The van der Waals surface area contributed by atoms with Crippen molar-refractivity contribution >= 4 is 332 Å². The van der Waals surface area contributed by atoms with E-state index in [0.717, 1.165) is 0 Å². The van der Waals surface area contributed by atoms with Gasteiger partial charge in [-0.2, -0.15) is 0 Å². The quantitative estimate of drug-likeness (QED) is 0.0425. The van der Waals surface area contributed by atoms with Crippen LogP contribution in [0.1, 0.15) is 105 Å². The van der Waals surface area contributed by atoms with E-state index in [0.29, 0.717) is 5.56 Å². The molecule has 3 amide bonds. The van der Waals surface area contributed by atoms with Crippen LogP contribution in [0.5, 0.6) is 0 Å². The van der Waals surface area contributed by atoms with Crippen LogP contribution in [0.2, 0.25) is 0 Å². The fourth-order valence-corrected chi connectivity index (χ4v) is 31.8. The summed E-state index contributed by atoms with van der Waals surface area (Å²) in [5.74, 6) is -6.36. The van der Waals surface area contributed by atoms with Crippen molar-refractivity contribution in [1.29, 1.82) is 0 Å². The number of nitrogens with one attached hydrogen (secondary N) is 3. The Labute approximate surface area is 841 Å². The Morgan fingerprint density at radius 1 is 0.250 bits per heavy atom. The second-order valence-electron chi connectivity index (χ2n) is 37.2. The number of hydrogen-bond acceptors (Lipinski definition) is 14. The molecule has 17 nitrogen and oxygen atoms in total. The molecule has 2 bridgehead atoms. The Morgan fingerprint density at radius 3 is 0.683 bits per heavy atom. The molecule has 30 aromatic rings. The smallest absolute Gasteiger partial charge is 0.550 e. The van der Waals surface area contributed by atoms with Gasteiger partial charge < -0.3 is 70.3 Å². The molecule has 0 unspecified atom stereocenters. The molecule has 0 radical (unpaired) electrons. The first-order valence-electron chi connectivity index (χ1n) is 41.6. The Kier molecular flexibility index (Phi) is 12.2. The average molecular weight is 1650 g/mol. The first kappa shape index (κ1) is 69.9. The number of carboxylic acids is 4. The zero-order chi connectivity index (χ0) is 75.1. The van der Waals surface area contributed by atoms with Gasteiger partial charge in [-0.3, -0.25) is 14.4 Å². The number of nitrogens with zero attached hydrogens (tertiary/aromatic N) is 3. The second kappa shape index (κ2) is 21.0. The zero-order valence-electron chi connectivity index (χ0n) is 65.3. The number of rotatable bonds is 28. The summed E-state index contributed by atoms with van der Waals surface area (Å²) in [6.07, 6.45) is -1.26. The number of aliphatic carboxylic acids is 4. The predicted molar refractivity (Wildman–Crippen MR) is 446 cm³/mol. The first-order valence-corrected chi connectivity index (χ1v) is 41.6. The molecule has 30 aromatic carbocycles. The van der Waals surface area contributed by atoms with Gasteiger partial charge in [-0.05, 0) is 373 Å². The van der Waals surface area contributed by atoms with Gasteiger partial charge in [0.2, 0.25) is 11.8 Å². The van der Waals surface area contributed by atoms with E-state index in [1.807, 2.05) is 4.90 Å². The molecular formula is C99H48K4N6O11. The number of carbonyl (C=O) groups excluding carboxylic acids is 7. The summed E-state index contributed by atoms with van der Waals surface area (Å²) in [6.45, 7) is 1.53. The maximum Gasteiger partial charge on any atom is 1.00 e. The number of hydrogen-bond donors (Lipinski definition) is 3. The van der Waals surface area contributed by atoms with E-state index in [2.05, 4.69) is 58.4 Å². The fourth-order valence-electron chi connectivity index (χ4n) is 31.8. The van der Waals surface area contributed by atoms with Gasteiger partial charge in [-0.15, -0.1) is 0 Å². The third-order valence-corrected chi connectivity index (χ3v) is 34.0. The number of carboxylic acid groups (broad SMARTS) is 4. The molecule has 2 spiro atoms. The number of amides is 3. The van der Waals surface area contributed by atoms with Crippen molar-refractivity contribution in [3.05, 3.63) is 92.5 Å². The van der Waals surface area contributed by atoms with E-state index >= 15 is 4.79 Å². The largest absolute Gasteiger partial charge is 1.00 e. The van der Waals surface area contributed by atoms with Crippen LogP contribution in [0, 0.1) is 0 Å². The summed E-state index contributed by atoms with van der Waals surface area (Å²) in [5.41, 5.74) is 10.9. The molecule has 0 saturated heterocycles. The SMILES string of the molecule is O=C([O-])CCN(CCNC(=O)CCN(CCNC(=O)c1ccc2c(c1)[C@@H]1c3ccccc3[C@H]2C23c4c5c6c7c8c9c(c%10c%11c2c2c4c4c%12c5c5c6c6c8c8c%13c9c9c%10c%10c%11c%11c2c2c4c4c%12c%12c5c5c6c8c6c8c%13c9c9c%10c%10c%11c2c2c4c4c%12c5c6c5c8c9c%10c2c45)C713)CCC(=O)NCCN(CCC(=O)[O-])CCC(=O)[O-])CCC(=O)[O-].[K+].[K+].[K+].[K+]. The van der Waals surface area contributed by atoms with E-state index in [4.69, 9.17) is 0 Å².